The Kier molecular flexibility index (Phi) is 13.1. The lowest BCUT2D eigenvalue weighted by molar-refractivity contribution is -0.135. The number of hydrogen-bond acceptors (Lipinski definition) is 2. The summed E-state index contributed by atoms with van der Waals surface area (Å²) in [6.45, 7) is -0.278. The summed E-state index contributed by atoms with van der Waals surface area (Å²) < 4.78 is 0. The quantitative estimate of drug-likeness (QED) is 0.457. The van der Waals surface area contributed by atoms with E-state index in [9.17, 15) is 4.79 Å². The molecule has 3 nitrogen and oxygen atoms in total. The monoisotopic (exact) mass is 193 g/mol. The Morgan fingerprint density at radius 3 is 2.11 bits per heavy atom. The van der Waals surface area contributed by atoms with Crippen molar-refractivity contribution in [2.75, 3.05) is 11.9 Å². The third kappa shape index (κ3) is 36.6. The van der Waals surface area contributed by atoms with Crippen molar-refractivity contribution in [3.8, 4) is 12.3 Å². The first kappa shape index (κ1) is 11.3. The predicted molar refractivity (Wildman–Crippen MR) is 39.3 cm³/mol. The standard InChI is InChI=1S/C3H3Br.C2H5NO2/c1-2-3-4;3-1-2(4)5/h1H,3H2;1,3H2,(H,4,5). The Morgan fingerprint density at radius 1 is 1.89 bits per heavy atom. The van der Waals surface area contributed by atoms with Crippen molar-refractivity contribution < 1.29 is 9.90 Å². The smallest absolute Gasteiger partial charge is 0.317 e. The van der Waals surface area contributed by atoms with Gasteiger partial charge in [-0.1, -0.05) is 21.9 Å². The van der Waals surface area contributed by atoms with Gasteiger partial charge in [-0.3, -0.25) is 4.79 Å². The second kappa shape index (κ2) is 10.5. The van der Waals surface area contributed by atoms with Crippen LogP contribution in [0.1, 0.15) is 0 Å². The number of hydrogen-bond donors (Lipinski definition) is 2. The minimum Gasteiger partial charge on any atom is -0.480 e. The summed E-state index contributed by atoms with van der Waals surface area (Å²) >= 11 is 3.01. The number of aliphatic carboxylic acids is 1. The van der Waals surface area contributed by atoms with Crippen molar-refractivity contribution in [3.05, 3.63) is 0 Å². The average Bonchev–Trinajstić information content (AvgIpc) is 1.89. The normalized spacial score (nSPS) is 6.33. The Morgan fingerprint density at radius 2 is 2.11 bits per heavy atom. The number of halogens is 1. The number of terminal acetylenes is 1. The van der Waals surface area contributed by atoms with E-state index >= 15 is 0 Å². The first-order valence-electron chi connectivity index (χ1n) is 2.10. The summed E-state index contributed by atoms with van der Waals surface area (Å²) in [5.41, 5.74) is 4.57. The molecule has 4 heteroatoms. The molecule has 0 unspecified atom stereocenters. The van der Waals surface area contributed by atoms with Crippen molar-refractivity contribution in [1.82, 2.24) is 0 Å². The molecule has 0 fully saturated rings. The summed E-state index contributed by atoms with van der Waals surface area (Å²) in [7, 11) is 0. The maximum Gasteiger partial charge on any atom is 0.317 e. The van der Waals surface area contributed by atoms with E-state index in [0.29, 0.717) is 5.33 Å². The zero-order valence-electron chi connectivity index (χ0n) is 4.80. The van der Waals surface area contributed by atoms with Gasteiger partial charge < -0.3 is 10.8 Å². The highest BCUT2D eigenvalue weighted by Crippen LogP contribution is 1.68. The van der Waals surface area contributed by atoms with Crippen LogP contribution in [0.2, 0.25) is 0 Å². The highest BCUT2D eigenvalue weighted by Gasteiger charge is 1.81. The average molecular weight is 194 g/mol. The molecule has 0 amide bonds. The van der Waals surface area contributed by atoms with Gasteiger partial charge in [0.25, 0.3) is 0 Å². The third-order valence-electron chi connectivity index (χ3n) is 0.252. The SMILES string of the molecule is C#CCBr.NCC(=O)O. The van der Waals surface area contributed by atoms with E-state index in [1.54, 1.807) is 0 Å². The van der Waals surface area contributed by atoms with E-state index in [1.165, 1.54) is 0 Å². The molecule has 3 N–H and O–H groups in total. The molecule has 0 saturated carbocycles. The molecule has 0 aromatic rings. The van der Waals surface area contributed by atoms with Gasteiger partial charge in [-0.25, -0.2) is 0 Å². The minimum atomic E-state index is -0.968. The van der Waals surface area contributed by atoms with Crippen molar-refractivity contribution in [3.63, 3.8) is 0 Å². The molecular formula is C5H8BrNO2. The molecule has 0 atom stereocenters. The molecule has 52 valence electrons. The molecule has 0 saturated heterocycles. The van der Waals surface area contributed by atoms with Gasteiger partial charge in [0.1, 0.15) is 0 Å². The van der Waals surface area contributed by atoms with Crippen molar-refractivity contribution >= 4 is 21.9 Å². The molecule has 0 aliphatic heterocycles. The maximum absolute atomic E-state index is 9.24. The van der Waals surface area contributed by atoms with Crippen LogP contribution in [-0.4, -0.2) is 23.0 Å². The van der Waals surface area contributed by atoms with Gasteiger partial charge in [-0.15, -0.1) is 6.42 Å². The lowest BCUT2D eigenvalue weighted by Gasteiger charge is -1.73. The van der Waals surface area contributed by atoms with Crippen LogP contribution in [0.4, 0.5) is 0 Å². The lowest BCUT2D eigenvalue weighted by atomic mass is 10.7. The fourth-order valence-corrected chi connectivity index (χ4v) is 0. The van der Waals surface area contributed by atoms with Gasteiger partial charge in [0.05, 0.1) is 11.9 Å². The molecular weight excluding hydrogens is 186 g/mol. The maximum atomic E-state index is 9.24. The number of nitrogens with two attached hydrogens (primary N) is 1. The molecule has 0 aromatic heterocycles. The van der Waals surface area contributed by atoms with E-state index in [0.717, 1.165) is 0 Å². The summed E-state index contributed by atoms with van der Waals surface area (Å²) in [5.74, 6) is 1.38. The summed E-state index contributed by atoms with van der Waals surface area (Å²) in [6.07, 6.45) is 4.73. The van der Waals surface area contributed by atoms with Gasteiger partial charge in [0.2, 0.25) is 0 Å². The van der Waals surface area contributed by atoms with Crippen LogP contribution >= 0.6 is 15.9 Å². The molecule has 0 aromatic carbocycles. The molecule has 0 aliphatic carbocycles. The van der Waals surface area contributed by atoms with Crippen LogP contribution in [0.15, 0.2) is 0 Å². The first-order chi connectivity index (χ1) is 4.18. The molecule has 0 heterocycles. The Hall–Kier alpha value is -0.530. The van der Waals surface area contributed by atoms with Crippen LogP contribution in [-0.2, 0) is 4.79 Å². The number of alkyl halides is 1. The van der Waals surface area contributed by atoms with E-state index in [2.05, 4.69) is 27.6 Å². The minimum absolute atomic E-state index is 0.278. The fraction of sp³-hybridized carbons (Fsp3) is 0.400. The van der Waals surface area contributed by atoms with E-state index < -0.39 is 5.97 Å². The second-order valence-electron chi connectivity index (χ2n) is 0.936. The molecule has 0 rings (SSSR count). The molecule has 0 radical (unpaired) electrons. The Labute approximate surface area is 62.4 Å². The number of carboxylic acid groups (broad SMARTS) is 1. The van der Waals surface area contributed by atoms with Gasteiger partial charge in [0, 0.05) is 0 Å². The van der Waals surface area contributed by atoms with Gasteiger partial charge in [-0.2, -0.15) is 0 Å². The predicted octanol–water partition coefficient (Wildman–Crippen LogP) is 0.0442. The van der Waals surface area contributed by atoms with Crippen LogP contribution in [0.25, 0.3) is 0 Å². The number of carboxylic acids is 1. The largest absolute Gasteiger partial charge is 0.480 e. The molecule has 0 spiro atoms. The summed E-state index contributed by atoms with van der Waals surface area (Å²) in [5, 5.41) is 8.26. The van der Waals surface area contributed by atoms with Crippen LogP contribution in [0, 0.1) is 12.3 Å². The molecule has 0 aliphatic rings. The highest BCUT2D eigenvalue weighted by atomic mass is 79.9. The van der Waals surface area contributed by atoms with E-state index in [4.69, 9.17) is 11.5 Å². The van der Waals surface area contributed by atoms with Crippen molar-refractivity contribution in [2.24, 2.45) is 5.73 Å². The zero-order chi connectivity index (χ0) is 7.70. The lowest BCUT2D eigenvalue weighted by Crippen LogP contribution is -2.10. The first-order valence-corrected chi connectivity index (χ1v) is 3.22. The topological polar surface area (TPSA) is 63.3 Å². The third-order valence-corrected chi connectivity index (χ3v) is 0.576. The summed E-state index contributed by atoms with van der Waals surface area (Å²) in [6, 6.07) is 0. The van der Waals surface area contributed by atoms with E-state index in [1.807, 2.05) is 0 Å². The van der Waals surface area contributed by atoms with Crippen LogP contribution < -0.4 is 5.73 Å². The highest BCUT2D eigenvalue weighted by molar-refractivity contribution is 9.09. The van der Waals surface area contributed by atoms with Gasteiger partial charge >= 0.3 is 5.97 Å². The zero-order valence-corrected chi connectivity index (χ0v) is 6.39. The van der Waals surface area contributed by atoms with Gasteiger partial charge in [-0.05, 0) is 0 Å². The number of carbonyl (C=O) groups is 1. The van der Waals surface area contributed by atoms with Crippen LogP contribution in [0.5, 0.6) is 0 Å². The van der Waals surface area contributed by atoms with Crippen molar-refractivity contribution in [2.45, 2.75) is 0 Å². The second-order valence-corrected chi connectivity index (χ2v) is 1.50. The Balaban J connectivity index is 0. The molecule has 9 heavy (non-hydrogen) atoms. The number of rotatable bonds is 1. The van der Waals surface area contributed by atoms with Crippen molar-refractivity contribution in [1.29, 1.82) is 0 Å². The van der Waals surface area contributed by atoms with Crippen LogP contribution in [0.3, 0.4) is 0 Å². The summed E-state index contributed by atoms with van der Waals surface area (Å²) in [4.78, 5) is 9.24. The molecule has 0 bridgehead atoms. The Bertz CT molecular complexity index is 108. The fourth-order valence-electron chi connectivity index (χ4n) is 0. The van der Waals surface area contributed by atoms with E-state index in [-0.39, 0.29) is 6.54 Å². The van der Waals surface area contributed by atoms with Gasteiger partial charge in [0.15, 0.2) is 0 Å².